The van der Waals surface area contributed by atoms with E-state index in [-0.39, 0.29) is 0 Å². The molecule has 0 atom stereocenters. The fraction of sp³-hybridized carbons (Fsp3) is 1.00. The predicted molar refractivity (Wildman–Crippen MR) is 148 cm³/mol. The van der Waals surface area contributed by atoms with Crippen LogP contribution in [0.2, 0.25) is 0 Å². The van der Waals surface area contributed by atoms with E-state index in [1.54, 1.807) is 0 Å². The summed E-state index contributed by atoms with van der Waals surface area (Å²) >= 11 is 0. The first-order valence-corrected chi connectivity index (χ1v) is 15.3. The maximum absolute atomic E-state index is 8.65. The fourth-order valence-corrected chi connectivity index (χ4v) is 4.34. The zero-order valence-corrected chi connectivity index (χ0v) is 23.0. The lowest BCUT2D eigenvalue weighted by molar-refractivity contribution is 0.281. The molecule has 34 heavy (non-hydrogen) atoms. The molecule has 0 aromatic carbocycles. The van der Waals surface area contributed by atoms with Crippen molar-refractivity contribution in [2.75, 3.05) is 26.4 Å². The second kappa shape index (κ2) is 37.4. The standard InChI is InChI=1S/C16H34O2.C14H30O2/c17-15-13-11-9-7-5-3-1-2-4-6-8-10-12-14-16-18;15-13-11-9-7-5-3-1-2-4-6-8-10-12-14-16/h17-18H,1-16H2;15-16H,1-14H2. The Morgan fingerprint density at radius 2 is 0.235 bits per heavy atom. The average molecular weight is 489 g/mol. The number of aliphatic hydroxyl groups is 4. The van der Waals surface area contributed by atoms with Crippen LogP contribution in [-0.4, -0.2) is 46.9 Å². The van der Waals surface area contributed by atoms with Crippen LogP contribution in [0, 0.1) is 0 Å². The molecule has 0 saturated heterocycles. The minimum Gasteiger partial charge on any atom is -0.396 e. The van der Waals surface area contributed by atoms with Gasteiger partial charge in [0, 0.05) is 26.4 Å². The molecule has 208 valence electrons. The molecular formula is C30H64O4. The van der Waals surface area contributed by atoms with Crippen LogP contribution >= 0.6 is 0 Å². The molecule has 4 heteroatoms. The van der Waals surface area contributed by atoms with Crippen molar-refractivity contribution in [3.05, 3.63) is 0 Å². The van der Waals surface area contributed by atoms with Crippen molar-refractivity contribution in [2.24, 2.45) is 0 Å². The molecule has 0 saturated carbocycles. The summed E-state index contributed by atoms with van der Waals surface area (Å²) in [7, 11) is 0. The molecule has 0 unspecified atom stereocenters. The predicted octanol–water partition coefficient (Wildman–Crippen LogP) is 8.08. The van der Waals surface area contributed by atoms with Gasteiger partial charge in [-0.1, -0.05) is 141 Å². The molecule has 4 N–H and O–H groups in total. The molecule has 0 radical (unpaired) electrons. The molecule has 0 aromatic heterocycles. The largest absolute Gasteiger partial charge is 0.396 e. The summed E-state index contributed by atoms with van der Waals surface area (Å²) in [5.41, 5.74) is 0. The van der Waals surface area contributed by atoms with E-state index in [0.717, 1.165) is 25.7 Å². The van der Waals surface area contributed by atoms with Crippen LogP contribution in [0.15, 0.2) is 0 Å². The highest BCUT2D eigenvalue weighted by molar-refractivity contribution is 4.50. The van der Waals surface area contributed by atoms with Crippen LogP contribution in [0.1, 0.15) is 167 Å². The van der Waals surface area contributed by atoms with Gasteiger partial charge in [0.25, 0.3) is 0 Å². The monoisotopic (exact) mass is 488 g/mol. The van der Waals surface area contributed by atoms with E-state index >= 15 is 0 Å². The third-order valence-corrected chi connectivity index (χ3v) is 6.63. The third kappa shape index (κ3) is 39.1. The maximum Gasteiger partial charge on any atom is 0.0431 e. The molecule has 0 aromatic rings. The Bertz CT molecular complexity index is 282. The molecule has 0 rings (SSSR count). The number of aliphatic hydroxyl groups excluding tert-OH is 4. The van der Waals surface area contributed by atoms with Crippen molar-refractivity contribution >= 4 is 0 Å². The van der Waals surface area contributed by atoms with Gasteiger partial charge in [0.1, 0.15) is 0 Å². The number of unbranched alkanes of at least 4 members (excludes halogenated alkanes) is 24. The molecule has 0 aliphatic carbocycles. The Balaban J connectivity index is 0. The van der Waals surface area contributed by atoms with Gasteiger partial charge in [-0.2, -0.15) is 0 Å². The molecular weight excluding hydrogens is 424 g/mol. The fourth-order valence-electron chi connectivity index (χ4n) is 4.34. The van der Waals surface area contributed by atoms with Crippen molar-refractivity contribution < 1.29 is 20.4 Å². The first kappa shape index (κ1) is 36.0. The van der Waals surface area contributed by atoms with Gasteiger partial charge in [0.15, 0.2) is 0 Å². The van der Waals surface area contributed by atoms with Crippen molar-refractivity contribution in [1.82, 2.24) is 0 Å². The third-order valence-electron chi connectivity index (χ3n) is 6.63. The highest BCUT2D eigenvalue weighted by Crippen LogP contribution is 2.13. The molecule has 0 bridgehead atoms. The first-order valence-electron chi connectivity index (χ1n) is 15.3. The van der Waals surface area contributed by atoms with Crippen molar-refractivity contribution in [2.45, 2.75) is 167 Å². The first-order chi connectivity index (χ1) is 16.8. The van der Waals surface area contributed by atoms with Crippen LogP contribution in [-0.2, 0) is 0 Å². The minimum atomic E-state index is 0.355. The van der Waals surface area contributed by atoms with Crippen molar-refractivity contribution in [3.63, 3.8) is 0 Å². The van der Waals surface area contributed by atoms with E-state index in [1.165, 1.54) is 141 Å². The Labute approximate surface area is 214 Å². The Morgan fingerprint density at radius 1 is 0.147 bits per heavy atom. The van der Waals surface area contributed by atoms with Crippen molar-refractivity contribution in [1.29, 1.82) is 0 Å². The summed E-state index contributed by atoms with van der Waals surface area (Å²) in [4.78, 5) is 0. The lowest BCUT2D eigenvalue weighted by Crippen LogP contribution is -1.85. The number of hydrogen-bond donors (Lipinski definition) is 4. The smallest absolute Gasteiger partial charge is 0.0431 e. The second-order valence-electron chi connectivity index (χ2n) is 10.1. The van der Waals surface area contributed by atoms with Crippen LogP contribution in [0.25, 0.3) is 0 Å². The molecule has 4 nitrogen and oxygen atoms in total. The lowest BCUT2D eigenvalue weighted by atomic mass is 10.0. The maximum atomic E-state index is 8.65. The topological polar surface area (TPSA) is 80.9 Å². The zero-order valence-electron chi connectivity index (χ0n) is 23.0. The van der Waals surface area contributed by atoms with E-state index < -0.39 is 0 Å². The summed E-state index contributed by atoms with van der Waals surface area (Å²) in [6.07, 6.45) is 33.1. The van der Waals surface area contributed by atoms with Gasteiger partial charge >= 0.3 is 0 Å². The van der Waals surface area contributed by atoms with Crippen LogP contribution < -0.4 is 0 Å². The summed E-state index contributed by atoms with van der Waals surface area (Å²) in [5, 5.41) is 34.5. The zero-order chi connectivity index (χ0) is 25.2. The molecule has 0 amide bonds. The number of hydrogen-bond acceptors (Lipinski definition) is 4. The summed E-state index contributed by atoms with van der Waals surface area (Å²) in [6.45, 7) is 1.43. The number of rotatable bonds is 28. The minimum absolute atomic E-state index is 0.355. The van der Waals surface area contributed by atoms with E-state index in [9.17, 15) is 0 Å². The van der Waals surface area contributed by atoms with E-state index in [0.29, 0.717) is 26.4 Å². The molecule has 0 heterocycles. The van der Waals surface area contributed by atoms with Gasteiger partial charge in [0.05, 0.1) is 0 Å². The average Bonchev–Trinajstić information content (AvgIpc) is 2.85. The summed E-state index contributed by atoms with van der Waals surface area (Å²) in [5.74, 6) is 0. The van der Waals surface area contributed by atoms with Gasteiger partial charge in [-0.15, -0.1) is 0 Å². The van der Waals surface area contributed by atoms with Gasteiger partial charge in [-0.25, -0.2) is 0 Å². The van der Waals surface area contributed by atoms with E-state index in [1.807, 2.05) is 0 Å². The van der Waals surface area contributed by atoms with E-state index in [4.69, 9.17) is 20.4 Å². The van der Waals surface area contributed by atoms with Crippen molar-refractivity contribution in [3.8, 4) is 0 Å². The molecule has 0 fully saturated rings. The quantitative estimate of drug-likeness (QED) is 0.0839. The van der Waals surface area contributed by atoms with Gasteiger partial charge in [0.2, 0.25) is 0 Å². The van der Waals surface area contributed by atoms with Gasteiger partial charge in [-0.05, 0) is 25.7 Å². The SMILES string of the molecule is OCCCCCCCCCCCCCCCCO.OCCCCCCCCCCCCCCO. The lowest BCUT2D eigenvalue weighted by Gasteiger charge is -2.02. The normalized spacial score (nSPS) is 10.9. The van der Waals surface area contributed by atoms with Crippen LogP contribution in [0.4, 0.5) is 0 Å². The highest BCUT2D eigenvalue weighted by atomic mass is 16.3. The van der Waals surface area contributed by atoms with Crippen LogP contribution in [0.5, 0.6) is 0 Å². The summed E-state index contributed by atoms with van der Waals surface area (Å²) < 4.78 is 0. The van der Waals surface area contributed by atoms with E-state index in [2.05, 4.69) is 0 Å². The Hall–Kier alpha value is -0.160. The second-order valence-corrected chi connectivity index (χ2v) is 10.1. The Kier molecular flexibility index (Phi) is 39.6. The molecule has 0 aliphatic heterocycles. The highest BCUT2D eigenvalue weighted by Gasteiger charge is 1.95. The van der Waals surface area contributed by atoms with Gasteiger partial charge < -0.3 is 20.4 Å². The summed E-state index contributed by atoms with van der Waals surface area (Å²) in [6, 6.07) is 0. The van der Waals surface area contributed by atoms with Crippen LogP contribution in [0.3, 0.4) is 0 Å². The molecule has 0 spiro atoms. The Morgan fingerprint density at radius 3 is 0.324 bits per heavy atom. The van der Waals surface area contributed by atoms with Gasteiger partial charge in [-0.3, -0.25) is 0 Å². The molecule has 0 aliphatic rings.